The molecule has 0 aromatic heterocycles. The molecule has 0 N–H and O–H groups in total. The second-order valence-corrected chi connectivity index (χ2v) is 10.3. The van der Waals surface area contributed by atoms with Crippen LogP contribution in [0.25, 0.3) is 0 Å². The molecular weight excluding hydrogens is 384 g/mol. The van der Waals surface area contributed by atoms with E-state index in [9.17, 15) is 0 Å². The Morgan fingerprint density at radius 2 is 0.594 bits per heavy atom. The quantitative estimate of drug-likeness (QED) is 0.140. The maximum absolute atomic E-state index is 2.39. The molecule has 0 amide bonds. The van der Waals surface area contributed by atoms with Gasteiger partial charge in [-0.3, -0.25) is 0 Å². The van der Waals surface area contributed by atoms with Crippen LogP contribution in [0.3, 0.4) is 0 Å². The lowest BCUT2D eigenvalue weighted by molar-refractivity contribution is 0.547. The van der Waals surface area contributed by atoms with Crippen molar-refractivity contribution in [3.05, 3.63) is 35.4 Å². The number of unbranched alkanes of at least 4 members (excludes halogenated alkanes) is 20. The van der Waals surface area contributed by atoms with Gasteiger partial charge in [-0.25, -0.2) is 0 Å². The van der Waals surface area contributed by atoms with Gasteiger partial charge in [0.2, 0.25) is 0 Å². The summed E-state index contributed by atoms with van der Waals surface area (Å²) >= 11 is 0. The van der Waals surface area contributed by atoms with Gasteiger partial charge in [0.05, 0.1) is 0 Å². The van der Waals surface area contributed by atoms with E-state index < -0.39 is 0 Å². The van der Waals surface area contributed by atoms with Crippen LogP contribution in [0.15, 0.2) is 24.3 Å². The summed E-state index contributed by atoms with van der Waals surface area (Å²) in [5.74, 6) is 0. The van der Waals surface area contributed by atoms with Gasteiger partial charge >= 0.3 is 0 Å². The fourth-order valence-electron chi connectivity index (χ4n) is 5.00. The molecule has 0 fully saturated rings. The van der Waals surface area contributed by atoms with E-state index >= 15 is 0 Å². The third kappa shape index (κ3) is 17.7. The van der Waals surface area contributed by atoms with Crippen molar-refractivity contribution in [2.45, 2.75) is 168 Å². The first-order valence-corrected chi connectivity index (χ1v) is 14.9. The predicted octanol–water partition coefficient (Wildman–Crippen LogP) is 11.4. The van der Waals surface area contributed by atoms with Crippen molar-refractivity contribution in [2.24, 2.45) is 0 Å². The molecule has 0 spiro atoms. The van der Waals surface area contributed by atoms with E-state index in [1.54, 1.807) is 11.1 Å². The smallest absolute Gasteiger partial charge is 0.0276 e. The lowest BCUT2D eigenvalue weighted by Gasteiger charge is -2.10. The highest BCUT2D eigenvalue weighted by Crippen LogP contribution is 2.18. The standard InChI is InChI=1S/C32H58/c1-3-5-7-9-11-13-15-17-19-21-23-27-31-29-25-26-30-32(31)28-24-22-20-18-16-14-12-10-8-6-4-2/h25-26,29-30H,3-24,27-28H2,1-2H3. The van der Waals surface area contributed by atoms with Crippen molar-refractivity contribution < 1.29 is 0 Å². The van der Waals surface area contributed by atoms with Crippen LogP contribution in [0.5, 0.6) is 0 Å². The molecule has 1 aromatic rings. The Morgan fingerprint density at radius 1 is 0.344 bits per heavy atom. The zero-order chi connectivity index (χ0) is 23.0. The van der Waals surface area contributed by atoms with Crippen molar-refractivity contribution in [1.29, 1.82) is 0 Å². The molecule has 0 unspecified atom stereocenters. The fraction of sp³-hybridized carbons (Fsp3) is 0.812. The monoisotopic (exact) mass is 442 g/mol. The van der Waals surface area contributed by atoms with Crippen LogP contribution in [0.2, 0.25) is 0 Å². The Hall–Kier alpha value is -0.780. The lowest BCUT2D eigenvalue weighted by Crippen LogP contribution is -1.95. The molecule has 1 rings (SSSR count). The topological polar surface area (TPSA) is 0 Å². The summed E-state index contributed by atoms with van der Waals surface area (Å²) < 4.78 is 0. The minimum Gasteiger partial charge on any atom is -0.0654 e. The number of rotatable bonds is 24. The molecule has 0 heteroatoms. The average molecular weight is 443 g/mol. The van der Waals surface area contributed by atoms with Crippen molar-refractivity contribution in [3.63, 3.8) is 0 Å². The van der Waals surface area contributed by atoms with Gasteiger partial charge in [-0.15, -0.1) is 0 Å². The van der Waals surface area contributed by atoms with Crippen LogP contribution >= 0.6 is 0 Å². The minimum atomic E-state index is 1.30. The first kappa shape index (κ1) is 29.3. The van der Waals surface area contributed by atoms with Gasteiger partial charge in [-0.1, -0.05) is 167 Å². The number of benzene rings is 1. The largest absolute Gasteiger partial charge is 0.0654 e. The van der Waals surface area contributed by atoms with Crippen LogP contribution < -0.4 is 0 Å². The summed E-state index contributed by atoms with van der Waals surface area (Å²) in [6.07, 6.45) is 34.2. The molecule has 32 heavy (non-hydrogen) atoms. The Balaban J connectivity index is 1.99. The summed E-state index contributed by atoms with van der Waals surface area (Å²) in [5, 5.41) is 0. The third-order valence-corrected chi connectivity index (χ3v) is 7.22. The summed E-state index contributed by atoms with van der Waals surface area (Å²) in [4.78, 5) is 0. The summed E-state index contributed by atoms with van der Waals surface area (Å²) in [6, 6.07) is 9.28. The van der Waals surface area contributed by atoms with Crippen molar-refractivity contribution in [1.82, 2.24) is 0 Å². The predicted molar refractivity (Wildman–Crippen MR) is 147 cm³/mol. The van der Waals surface area contributed by atoms with Crippen LogP contribution in [0, 0.1) is 0 Å². The van der Waals surface area contributed by atoms with Gasteiger partial charge in [0, 0.05) is 0 Å². The Kier molecular flexibility index (Phi) is 21.4. The number of aryl methyl sites for hydroxylation is 2. The molecule has 0 aliphatic carbocycles. The first-order valence-electron chi connectivity index (χ1n) is 14.9. The average Bonchev–Trinajstić information content (AvgIpc) is 2.81. The van der Waals surface area contributed by atoms with E-state index in [1.807, 2.05) is 0 Å². The normalized spacial score (nSPS) is 11.3. The highest BCUT2D eigenvalue weighted by atomic mass is 14.1. The molecule has 186 valence electrons. The molecule has 0 atom stereocenters. The Morgan fingerprint density at radius 3 is 0.875 bits per heavy atom. The molecule has 0 heterocycles. The van der Waals surface area contributed by atoms with E-state index in [0.717, 1.165) is 0 Å². The molecule has 0 nitrogen and oxygen atoms in total. The molecule has 0 saturated heterocycles. The maximum Gasteiger partial charge on any atom is -0.0276 e. The highest BCUT2D eigenvalue weighted by Gasteiger charge is 2.02. The molecule has 1 aromatic carbocycles. The van der Waals surface area contributed by atoms with Gasteiger partial charge < -0.3 is 0 Å². The minimum absolute atomic E-state index is 1.30. The van der Waals surface area contributed by atoms with Gasteiger partial charge in [-0.05, 0) is 36.8 Å². The molecule has 0 saturated carbocycles. The van der Waals surface area contributed by atoms with Crippen molar-refractivity contribution in [3.8, 4) is 0 Å². The molecule has 0 aliphatic heterocycles. The van der Waals surface area contributed by atoms with Crippen molar-refractivity contribution in [2.75, 3.05) is 0 Å². The van der Waals surface area contributed by atoms with Crippen LogP contribution in [0.4, 0.5) is 0 Å². The van der Waals surface area contributed by atoms with Gasteiger partial charge in [0.25, 0.3) is 0 Å². The first-order chi connectivity index (χ1) is 15.9. The zero-order valence-electron chi connectivity index (χ0n) is 22.3. The van der Waals surface area contributed by atoms with E-state index in [1.165, 1.54) is 154 Å². The fourth-order valence-corrected chi connectivity index (χ4v) is 5.00. The van der Waals surface area contributed by atoms with E-state index in [2.05, 4.69) is 38.1 Å². The lowest BCUT2D eigenvalue weighted by atomic mass is 9.96. The SMILES string of the molecule is CCCCCCCCCCCCCc1ccccc1CCCCCCCCCCCCC. The molecular formula is C32H58. The third-order valence-electron chi connectivity index (χ3n) is 7.22. The van der Waals surface area contributed by atoms with E-state index in [4.69, 9.17) is 0 Å². The summed E-state index contributed by atoms with van der Waals surface area (Å²) in [7, 11) is 0. The maximum atomic E-state index is 2.39. The zero-order valence-corrected chi connectivity index (χ0v) is 22.3. The second-order valence-electron chi connectivity index (χ2n) is 10.3. The Labute approximate surface area is 203 Å². The molecule has 0 radical (unpaired) electrons. The second kappa shape index (κ2) is 23.4. The highest BCUT2D eigenvalue weighted by molar-refractivity contribution is 5.27. The number of hydrogen-bond acceptors (Lipinski definition) is 0. The van der Waals surface area contributed by atoms with Crippen molar-refractivity contribution >= 4 is 0 Å². The van der Waals surface area contributed by atoms with Crippen LogP contribution in [-0.2, 0) is 12.8 Å². The van der Waals surface area contributed by atoms with Gasteiger partial charge in [-0.2, -0.15) is 0 Å². The molecule has 0 bridgehead atoms. The summed E-state index contributed by atoms with van der Waals surface area (Å²) in [5.41, 5.74) is 3.27. The Bertz CT molecular complexity index is 444. The number of hydrogen-bond donors (Lipinski definition) is 0. The van der Waals surface area contributed by atoms with E-state index in [0.29, 0.717) is 0 Å². The van der Waals surface area contributed by atoms with Gasteiger partial charge in [0.15, 0.2) is 0 Å². The summed E-state index contributed by atoms with van der Waals surface area (Å²) in [6.45, 7) is 4.61. The molecule has 0 aliphatic rings. The van der Waals surface area contributed by atoms with Crippen LogP contribution in [-0.4, -0.2) is 0 Å². The van der Waals surface area contributed by atoms with Gasteiger partial charge in [0.1, 0.15) is 0 Å². The van der Waals surface area contributed by atoms with Crippen LogP contribution in [0.1, 0.15) is 166 Å². The van der Waals surface area contributed by atoms with E-state index in [-0.39, 0.29) is 0 Å².